The minimum absolute atomic E-state index is 0.0982. The molecule has 0 aromatic heterocycles. The Morgan fingerprint density at radius 2 is 1.77 bits per heavy atom. The lowest BCUT2D eigenvalue weighted by molar-refractivity contribution is -0.312. The Kier molecular flexibility index (Phi) is 3.12. The molecule has 0 radical (unpaired) electrons. The van der Waals surface area contributed by atoms with Crippen LogP contribution in [0.1, 0.15) is 60.9 Å². The van der Waals surface area contributed by atoms with E-state index >= 15 is 0 Å². The van der Waals surface area contributed by atoms with Gasteiger partial charge in [-0.3, -0.25) is 0 Å². The largest absolute Gasteiger partial charge is 0.465 e. The van der Waals surface area contributed by atoms with Gasteiger partial charge in [-0.05, 0) is 55.2 Å². The molecule has 3 saturated carbocycles. The second kappa shape index (κ2) is 4.82. The zero-order valence-corrected chi connectivity index (χ0v) is 13.2. The summed E-state index contributed by atoms with van der Waals surface area (Å²) >= 11 is 0. The minimum Gasteiger partial charge on any atom is -0.465 e. The van der Waals surface area contributed by atoms with E-state index in [0.29, 0.717) is 17.4 Å². The van der Waals surface area contributed by atoms with Crippen LogP contribution in [0, 0.1) is 17.3 Å². The highest BCUT2D eigenvalue weighted by atomic mass is 16.5. The van der Waals surface area contributed by atoms with Gasteiger partial charge in [-0.2, -0.15) is 0 Å². The van der Waals surface area contributed by atoms with Gasteiger partial charge in [0.25, 0.3) is 0 Å². The summed E-state index contributed by atoms with van der Waals surface area (Å²) in [6.45, 7) is 0. The highest BCUT2D eigenvalue weighted by molar-refractivity contribution is 5.89. The van der Waals surface area contributed by atoms with Gasteiger partial charge in [0, 0.05) is 5.41 Å². The van der Waals surface area contributed by atoms with Crippen LogP contribution in [0.15, 0.2) is 24.3 Å². The van der Waals surface area contributed by atoms with E-state index in [0.717, 1.165) is 24.8 Å². The van der Waals surface area contributed by atoms with Crippen molar-refractivity contribution in [1.82, 2.24) is 0 Å². The first-order chi connectivity index (χ1) is 10.6. The van der Waals surface area contributed by atoms with Gasteiger partial charge in [-0.1, -0.05) is 31.4 Å². The third kappa shape index (κ3) is 1.58. The number of ether oxygens (including phenoxy) is 1. The second-order valence-electron chi connectivity index (χ2n) is 7.34. The van der Waals surface area contributed by atoms with Crippen LogP contribution in [0.2, 0.25) is 0 Å². The van der Waals surface area contributed by atoms with Gasteiger partial charge in [0.2, 0.25) is 0 Å². The summed E-state index contributed by atoms with van der Waals surface area (Å²) < 4.78 is 4.76. The summed E-state index contributed by atoms with van der Waals surface area (Å²) in [4.78, 5) is 11.6. The number of hydrogen-bond donors (Lipinski definition) is 1. The predicted molar refractivity (Wildman–Crippen MR) is 83.4 cm³/mol. The molecule has 1 N–H and O–H groups in total. The Bertz CT molecular complexity index is 587. The number of benzene rings is 1. The van der Waals surface area contributed by atoms with Crippen molar-refractivity contribution >= 4 is 5.97 Å². The fraction of sp³-hybridized carbons (Fsp3) is 0.632. The lowest BCUT2D eigenvalue weighted by Gasteiger charge is -2.72. The summed E-state index contributed by atoms with van der Waals surface area (Å²) in [6.07, 6.45) is 8.55. The molecule has 3 aliphatic rings. The first-order valence-electron chi connectivity index (χ1n) is 8.55. The summed E-state index contributed by atoms with van der Waals surface area (Å²) in [5.74, 6) is 0.798. The number of carbonyl (C=O) groups is 1. The smallest absolute Gasteiger partial charge is 0.337 e. The number of carbonyl (C=O) groups excluding carboxylic acids is 1. The maximum absolute atomic E-state index is 11.6. The Balaban J connectivity index is 1.70. The Morgan fingerprint density at radius 1 is 1.09 bits per heavy atom. The Hall–Kier alpha value is -1.35. The lowest BCUT2D eigenvalue weighted by atomic mass is 9.34. The molecule has 3 nitrogen and oxygen atoms in total. The summed E-state index contributed by atoms with van der Waals surface area (Å²) in [5.41, 5.74) is 0.978. The van der Waals surface area contributed by atoms with Crippen molar-refractivity contribution in [2.24, 2.45) is 17.3 Å². The average Bonchev–Trinajstić information content (AvgIpc) is 2.59. The van der Waals surface area contributed by atoms with Crippen LogP contribution in [0.3, 0.4) is 0 Å². The zero-order valence-electron chi connectivity index (χ0n) is 13.2. The molecule has 0 saturated heterocycles. The van der Waals surface area contributed by atoms with Crippen molar-refractivity contribution in [2.45, 2.75) is 50.5 Å². The topological polar surface area (TPSA) is 46.5 Å². The average molecular weight is 300 g/mol. The molecule has 1 aromatic rings. The molecule has 2 bridgehead atoms. The van der Waals surface area contributed by atoms with Gasteiger partial charge in [0.15, 0.2) is 0 Å². The number of hydrogen-bond acceptors (Lipinski definition) is 3. The monoisotopic (exact) mass is 300 g/mol. The third-order valence-electron chi connectivity index (χ3n) is 6.76. The van der Waals surface area contributed by atoms with Gasteiger partial charge in [0.05, 0.1) is 18.3 Å². The van der Waals surface area contributed by atoms with E-state index in [1.54, 1.807) is 12.1 Å². The fourth-order valence-corrected chi connectivity index (χ4v) is 5.92. The van der Waals surface area contributed by atoms with Crippen LogP contribution < -0.4 is 0 Å². The van der Waals surface area contributed by atoms with Gasteiger partial charge < -0.3 is 9.84 Å². The van der Waals surface area contributed by atoms with Crippen LogP contribution in [-0.4, -0.2) is 18.2 Å². The number of aliphatic hydroxyl groups is 1. The highest BCUT2D eigenvalue weighted by Gasteiger charge is 2.72. The van der Waals surface area contributed by atoms with Crippen molar-refractivity contribution in [3.63, 3.8) is 0 Å². The molecule has 3 heteroatoms. The van der Waals surface area contributed by atoms with Crippen LogP contribution >= 0.6 is 0 Å². The third-order valence-corrected chi connectivity index (χ3v) is 6.76. The molecule has 0 heterocycles. The maximum atomic E-state index is 11.6. The van der Waals surface area contributed by atoms with Gasteiger partial charge in [-0.25, -0.2) is 4.79 Å². The molecule has 118 valence electrons. The first kappa shape index (κ1) is 14.3. The molecule has 3 fully saturated rings. The molecule has 0 aliphatic heterocycles. The molecule has 1 aromatic carbocycles. The standard InChI is InChI=1S/C19H24O3/c1-22-17(20)13-7-9-14(10-8-13)19(21)16-6-4-12-18(19)11-3-2-5-15(16)18/h7-10,15-16,21H,2-6,11-12H2,1H3/t15-,16-,18+,19+/m1/s1. The Morgan fingerprint density at radius 3 is 2.50 bits per heavy atom. The van der Waals surface area contributed by atoms with Crippen LogP contribution in [0.5, 0.6) is 0 Å². The molecule has 0 unspecified atom stereocenters. The van der Waals surface area contributed by atoms with Crippen molar-refractivity contribution in [3.8, 4) is 0 Å². The van der Waals surface area contributed by atoms with Crippen LogP contribution in [-0.2, 0) is 10.3 Å². The zero-order chi connectivity index (χ0) is 15.4. The molecule has 4 rings (SSSR count). The lowest BCUT2D eigenvalue weighted by Crippen LogP contribution is -2.71. The molecule has 3 aliphatic carbocycles. The van der Waals surface area contributed by atoms with E-state index < -0.39 is 5.60 Å². The van der Waals surface area contributed by atoms with Crippen molar-refractivity contribution in [1.29, 1.82) is 0 Å². The molecule has 0 amide bonds. The SMILES string of the molecule is COC(=O)c1ccc([C@]2(O)[C@@H]3CCC[C@]24CCCC[C@H]34)cc1. The molecule has 22 heavy (non-hydrogen) atoms. The molecular weight excluding hydrogens is 276 g/mol. The number of methoxy groups -OCH3 is 1. The number of esters is 1. The van der Waals surface area contributed by atoms with Crippen molar-refractivity contribution in [2.75, 3.05) is 7.11 Å². The van der Waals surface area contributed by atoms with Gasteiger partial charge >= 0.3 is 5.97 Å². The summed E-state index contributed by atoms with van der Waals surface area (Å²) in [6, 6.07) is 7.47. The highest BCUT2D eigenvalue weighted by Crippen LogP contribution is 2.74. The summed E-state index contributed by atoms with van der Waals surface area (Å²) in [5, 5.41) is 11.6. The number of rotatable bonds is 2. The minimum atomic E-state index is -0.676. The van der Waals surface area contributed by atoms with Gasteiger partial charge in [0.1, 0.15) is 0 Å². The van der Waals surface area contributed by atoms with E-state index in [1.165, 1.54) is 32.8 Å². The molecular formula is C19H24O3. The van der Waals surface area contributed by atoms with E-state index in [4.69, 9.17) is 4.74 Å². The van der Waals surface area contributed by atoms with Crippen molar-refractivity contribution in [3.05, 3.63) is 35.4 Å². The quantitative estimate of drug-likeness (QED) is 0.848. The first-order valence-corrected chi connectivity index (χ1v) is 8.55. The van der Waals surface area contributed by atoms with Crippen molar-refractivity contribution < 1.29 is 14.6 Å². The molecule has 1 spiro atoms. The molecule has 4 atom stereocenters. The van der Waals surface area contributed by atoms with E-state index in [2.05, 4.69) is 0 Å². The fourth-order valence-electron chi connectivity index (χ4n) is 5.92. The number of fused-ring (bicyclic) bond motifs is 2. The second-order valence-corrected chi connectivity index (χ2v) is 7.34. The summed E-state index contributed by atoms with van der Waals surface area (Å²) in [7, 11) is 1.39. The van der Waals surface area contributed by atoms with Gasteiger partial charge in [-0.15, -0.1) is 0 Å². The van der Waals surface area contributed by atoms with E-state index in [1.807, 2.05) is 12.1 Å². The van der Waals surface area contributed by atoms with Crippen LogP contribution in [0.25, 0.3) is 0 Å². The maximum Gasteiger partial charge on any atom is 0.337 e. The van der Waals surface area contributed by atoms with Crippen LogP contribution in [0.4, 0.5) is 0 Å². The Labute approximate surface area is 131 Å². The van der Waals surface area contributed by atoms with E-state index in [-0.39, 0.29) is 11.4 Å². The normalized spacial score (nSPS) is 39.5. The predicted octanol–water partition coefficient (Wildman–Crippen LogP) is 3.65. The van der Waals surface area contributed by atoms with E-state index in [9.17, 15) is 9.90 Å².